The van der Waals surface area contributed by atoms with Crippen molar-refractivity contribution in [3.63, 3.8) is 0 Å². The third-order valence-corrected chi connectivity index (χ3v) is 5.87. The Morgan fingerprint density at radius 3 is 2.24 bits per heavy atom. The third-order valence-electron chi connectivity index (χ3n) is 5.37. The topological polar surface area (TPSA) is 109 Å². The van der Waals surface area contributed by atoms with Crippen LogP contribution in [0.5, 0.6) is 5.88 Å². The Balaban J connectivity index is 1.38. The average molecular weight is 547 g/mol. The molecular weight excluding hydrogens is 528 g/mol. The molecule has 0 saturated carbocycles. The Morgan fingerprint density at radius 1 is 1.00 bits per heavy atom. The number of piperazine rings is 1. The number of hydrogen-bond acceptors (Lipinski definition) is 8. The molecular formula is C21H19F6N7O2S. The van der Waals surface area contributed by atoms with E-state index in [-0.39, 0.29) is 44.7 Å². The number of ether oxygens (including phenoxy) is 1. The van der Waals surface area contributed by atoms with Gasteiger partial charge in [-0.25, -0.2) is 9.78 Å². The molecule has 37 heavy (non-hydrogen) atoms. The van der Waals surface area contributed by atoms with Crippen molar-refractivity contribution in [2.24, 2.45) is 0 Å². The molecule has 0 atom stereocenters. The van der Waals surface area contributed by atoms with Crippen LogP contribution in [-0.4, -0.2) is 50.8 Å². The number of carbonyl (C=O) groups excluding carboxylic acids is 1. The summed E-state index contributed by atoms with van der Waals surface area (Å²) in [5, 5.41) is 2.14. The second-order valence-corrected chi connectivity index (χ2v) is 8.50. The Labute approximate surface area is 210 Å². The zero-order valence-electron chi connectivity index (χ0n) is 18.8. The van der Waals surface area contributed by atoms with E-state index in [1.165, 1.54) is 4.90 Å². The Morgan fingerprint density at radius 2 is 1.65 bits per heavy atom. The molecule has 1 aliphatic heterocycles. The second kappa shape index (κ2) is 10.3. The molecule has 4 rings (SSSR count). The van der Waals surface area contributed by atoms with Gasteiger partial charge in [0.1, 0.15) is 12.4 Å². The van der Waals surface area contributed by atoms with Crippen LogP contribution in [0.2, 0.25) is 0 Å². The predicted octanol–water partition coefficient (Wildman–Crippen LogP) is 4.49. The summed E-state index contributed by atoms with van der Waals surface area (Å²) in [7, 11) is 0. The van der Waals surface area contributed by atoms with Crippen molar-refractivity contribution in [1.82, 2.24) is 18.6 Å². The summed E-state index contributed by atoms with van der Waals surface area (Å²) in [5.41, 5.74) is 2.80. The van der Waals surface area contributed by atoms with Gasteiger partial charge < -0.3 is 25.6 Å². The highest BCUT2D eigenvalue weighted by Crippen LogP contribution is 2.37. The number of nitrogens with one attached hydrogen (secondary N) is 1. The molecule has 198 valence electrons. The molecule has 1 aliphatic rings. The summed E-state index contributed by atoms with van der Waals surface area (Å²) in [6, 6.07) is 3.48. The van der Waals surface area contributed by atoms with Gasteiger partial charge in [0.05, 0.1) is 22.9 Å². The first-order chi connectivity index (χ1) is 17.4. The standard InChI is InChI=1S/C21H19F6N7O2S/c22-20(23,24)13-8-14(21(25,26)27)10-15(9-13)30-19(35)34-5-3-33(4-6-34)17-18(32-37-31-17)36-11-12-1-2-29-16(28)7-12/h1-2,7-10H,3-6,11H2,(H2,28,29)(H,30,35). The van der Waals surface area contributed by atoms with Crippen LogP contribution in [0.3, 0.4) is 0 Å². The van der Waals surface area contributed by atoms with Gasteiger partial charge >= 0.3 is 18.4 Å². The summed E-state index contributed by atoms with van der Waals surface area (Å²) in [6.07, 6.45) is -8.49. The highest BCUT2D eigenvalue weighted by atomic mass is 32.1. The number of benzene rings is 1. The maximum Gasteiger partial charge on any atom is 0.416 e. The average Bonchev–Trinajstić information content (AvgIpc) is 3.30. The number of anilines is 3. The van der Waals surface area contributed by atoms with Crippen molar-refractivity contribution in [2.75, 3.05) is 42.1 Å². The molecule has 1 aromatic carbocycles. The lowest BCUT2D eigenvalue weighted by atomic mass is 10.1. The largest absolute Gasteiger partial charge is 0.470 e. The molecule has 0 unspecified atom stereocenters. The molecule has 16 heteroatoms. The van der Waals surface area contributed by atoms with Crippen LogP contribution in [0.4, 0.5) is 48.5 Å². The van der Waals surface area contributed by atoms with E-state index < -0.39 is 35.2 Å². The quantitative estimate of drug-likeness (QED) is 0.453. The number of hydrogen-bond donors (Lipinski definition) is 2. The monoisotopic (exact) mass is 547 g/mol. The second-order valence-electron chi connectivity index (χ2n) is 7.97. The first-order valence-electron chi connectivity index (χ1n) is 10.7. The summed E-state index contributed by atoms with van der Waals surface area (Å²) in [4.78, 5) is 19.6. The zero-order chi connectivity index (χ0) is 26.8. The molecule has 0 aliphatic carbocycles. The normalized spacial score (nSPS) is 14.5. The van der Waals surface area contributed by atoms with E-state index in [1.807, 2.05) is 4.90 Å². The lowest BCUT2D eigenvalue weighted by molar-refractivity contribution is -0.143. The SMILES string of the molecule is Nc1cc(COc2nsnc2N2CCN(C(=O)Nc3cc(C(F)(F)F)cc(C(F)(F)F)c3)CC2)ccn1. The van der Waals surface area contributed by atoms with Crippen molar-refractivity contribution in [3.05, 3.63) is 53.2 Å². The predicted molar refractivity (Wildman–Crippen MR) is 122 cm³/mol. The van der Waals surface area contributed by atoms with Crippen molar-refractivity contribution in [1.29, 1.82) is 0 Å². The molecule has 3 heterocycles. The maximum atomic E-state index is 13.1. The number of halogens is 6. The van der Waals surface area contributed by atoms with E-state index in [0.717, 1.165) is 17.3 Å². The minimum atomic E-state index is -5.02. The van der Waals surface area contributed by atoms with Crippen LogP contribution in [0.1, 0.15) is 16.7 Å². The van der Waals surface area contributed by atoms with E-state index in [1.54, 1.807) is 18.3 Å². The number of aromatic nitrogens is 3. The summed E-state index contributed by atoms with van der Waals surface area (Å²) in [6.45, 7) is 1.01. The minimum absolute atomic E-state index is 0.000399. The number of nitrogen functional groups attached to an aromatic ring is 1. The van der Waals surface area contributed by atoms with Gasteiger partial charge in [-0.05, 0) is 35.9 Å². The van der Waals surface area contributed by atoms with Crippen LogP contribution in [-0.2, 0) is 19.0 Å². The minimum Gasteiger partial charge on any atom is -0.470 e. The van der Waals surface area contributed by atoms with E-state index in [9.17, 15) is 31.1 Å². The molecule has 0 radical (unpaired) electrons. The number of amides is 2. The van der Waals surface area contributed by atoms with Crippen LogP contribution in [0, 0.1) is 0 Å². The number of urea groups is 1. The van der Waals surface area contributed by atoms with E-state index in [2.05, 4.69) is 19.0 Å². The van der Waals surface area contributed by atoms with Gasteiger partial charge in [0.15, 0.2) is 0 Å². The van der Waals surface area contributed by atoms with Crippen molar-refractivity contribution in [3.8, 4) is 5.88 Å². The molecule has 9 nitrogen and oxygen atoms in total. The first kappa shape index (κ1) is 26.2. The zero-order valence-corrected chi connectivity index (χ0v) is 19.6. The molecule has 1 fully saturated rings. The molecule has 2 aromatic heterocycles. The van der Waals surface area contributed by atoms with Gasteiger partial charge in [0.2, 0.25) is 5.82 Å². The Kier molecular flexibility index (Phi) is 7.29. The van der Waals surface area contributed by atoms with Gasteiger partial charge in [0.25, 0.3) is 5.88 Å². The van der Waals surface area contributed by atoms with Gasteiger partial charge in [-0.15, -0.1) is 4.37 Å². The summed E-state index contributed by atoms with van der Waals surface area (Å²) < 4.78 is 92.6. The smallest absolute Gasteiger partial charge is 0.416 e. The number of alkyl halides is 6. The summed E-state index contributed by atoms with van der Waals surface area (Å²) >= 11 is 0.933. The highest BCUT2D eigenvalue weighted by Gasteiger charge is 2.37. The van der Waals surface area contributed by atoms with Crippen molar-refractivity contribution >= 4 is 35.1 Å². The molecule has 2 amide bonds. The Bertz CT molecular complexity index is 1230. The Hall–Kier alpha value is -3.82. The highest BCUT2D eigenvalue weighted by molar-refractivity contribution is 6.99. The van der Waals surface area contributed by atoms with Crippen LogP contribution in [0.15, 0.2) is 36.5 Å². The van der Waals surface area contributed by atoms with E-state index >= 15 is 0 Å². The van der Waals surface area contributed by atoms with Crippen LogP contribution >= 0.6 is 11.7 Å². The third kappa shape index (κ3) is 6.49. The van der Waals surface area contributed by atoms with Gasteiger partial charge in [-0.1, -0.05) is 0 Å². The van der Waals surface area contributed by atoms with E-state index in [4.69, 9.17) is 10.5 Å². The number of carbonyl (C=O) groups is 1. The molecule has 3 N–H and O–H groups in total. The molecule has 3 aromatic rings. The fourth-order valence-corrected chi connectivity index (χ4v) is 4.07. The number of rotatable bonds is 5. The fourth-order valence-electron chi connectivity index (χ4n) is 3.55. The molecule has 0 spiro atoms. The van der Waals surface area contributed by atoms with E-state index in [0.29, 0.717) is 23.8 Å². The summed E-state index contributed by atoms with van der Waals surface area (Å²) in [5.74, 6) is 1.08. The van der Waals surface area contributed by atoms with Crippen molar-refractivity contribution < 1.29 is 35.9 Å². The van der Waals surface area contributed by atoms with Crippen molar-refractivity contribution in [2.45, 2.75) is 19.0 Å². The molecule has 1 saturated heterocycles. The number of nitrogens with two attached hydrogens (primary N) is 1. The van der Waals surface area contributed by atoms with Crippen LogP contribution < -0.4 is 20.7 Å². The number of nitrogens with zero attached hydrogens (tertiary/aromatic N) is 5. The van der Waals surface area contributed by atoms with Gasteiger partial charge in [0, 0.05) is 38.1 Å². The molecule has 0 bridgehead atoms. The van der Waals surface area contributed by atoms with Gasteiger partial charge in [-0.3, -0.25) is 0 Å². The van der Waals surface area contributed by atoms with Gasteiger partial charge in [-0.2, -0.15) is 30.7 Å². The lowest BCUT2D eigenvalue weighted by Crippen LogP contribution is -2.50. The first-order valence-corrected chi connectivity index (χ1v) is 11.4. The fraction of sp³-hybridized carbons (Fsp3) is 0.333. The van der Waals surface area contributed by atoms with Crippen LogP contribution in [0.25, 0.3) is 0 Å². The maximum absolute atomic E-state index is 13.1. The number of pyridine rings is 1. The lowest BCUT2D eigenvalue weighted by Gasteiger charge is -2.34.